The average Bonchev–Trinajstić information content (AvgIpc) is 2.26. The van der Waals surface area contributed by atoms with Gasteiger partial charge in [-0.1, -0.05) is 6.07 Å². The first-order valence-electron chi connectivity index (χ1n) is 4.81. The summed E-state index contributed by atoms with van der Waals surface area (Å²) in [4.78, 5) is 3.55. The predicted molar refractivity (Wildman–Crippen MR) is 54.2 cm³/mol. The number of benzene rings is 1. The van der Waals surface area contributed by atoms with Gasteiger partial charge in [-0.3, -0.25) is 4.99 Å². The second-order valence-corrected chi connectivity index (χ2v) is 3.50. The minimum atomic E-state index is -4.40. The summed E-state index contributed by atoms with van der Waals surface area (Å²) in [6.07, 6.45) is -3.86. The van der Waals surface area contributed by atoms with E-state index in [4.69, 9.17) is 4.74 Å². The second-order valence-electron chi connectivity index (χ2n) is 3.50. The van der Waals surface area contributed by atoms with Crippen molar-refractivity contribution in [1.82, 2.24) is 0 Å². The highest BCUT2D eigenvalue weighted by Crippen LogP contribution is 2.29. The lowest BCUT2D eigenvalue weighted by molar-refractivity contribution is -0.0584. The number of ether oxygens (including phenoxy) is 1. The second kappa shape index (κ2) is 3.81. The van der Waals surface area contributed by atoms with Crippen LogP contribution in [0.1, 0.15) is 11.1 Å². The zero-order valence-electron chi connectivity index (χ0n) is 8.64. The number of rotatable bonds is 1. The molecular formula is C11H10F3NO. The van der Waals surface area contributed by atoms with Crippen LogP contribution in [-0.4, -0.2) is 25.5 Å². The number of halogens is 3. The lowest BCUT2D eigenvalue weighted by atomic mass is 9.97. The molecule has 0 aromatic heterocycles. The van der Waals surface area contributed by atoms with Crippen LogP contribution in [0.4, 0.5) is 13.2 Å². The molecule has 0 aliphatic carbocycles. The maximum atomic E-state index is 12.7. The molecule has 0 saturated heterocycles. The van der Waals surface area contributed by atoms with Crippen LogP contribution >= 0.6 is 0 Å². The molecule has 0 unspecified atom stereocenters. The van der Waals surface area contributed by atoms with Crippen LogP contribution in [0.25, 0.3) is 0 Å². The van der Waals surface area contributed by atoms with Gasteiger partial charge in [-0.2, -0.15) is 13.2 Å². The van der Waals surface area contributed by atoms with E-state index in [1.54, 1.807) is 12.1 Å². The van der Waals surface area contributed by atoms with E-state index in [0.717, 1.165) is 0 Å². The smallest absolute Gasteiger partial charge is 0.433 e. The lowest BCUT2D eigenvalue weighted by Crippen LogP contribution is -2.28. The van der Waals surface area contributed by atoms with Crippen molar-refractivity contribution in [2.75, 3.05) is 13.7 Å². The normalized spacial score (nSPS) is 15.4. The van der Waals surface area contributed by atoms with E-state index in [-0.39, 0.29) is 12.1 Å². The molecule has 0 radical (unpaired) electrons. The molecule has 1 heterocycles. The summed E-state index contributed by atoms with van der Waals surface area (Å²) >= 11 is 0. The van der Waals surface area contributed by atoms with E-state index in [1.807, 2.05) is 0 Å². The molecule has 2 rings (SSSR count). The summed E-state index contributed by atoms with van der Waals surface area (Å²) in [6.45, 7) is 0.189. The van der Waals surface area contributed by atoms with E-state index in [9.17, 15) is 13.2 Å². The van der Waals surface area contributed by atoms with Crippen molar-refractivity contribution in [1.29, 1.82) is 0 Å². The van der Waals surface area contributed by atoms with Gasteiger partial charge in [0.1, 0.15) is 11.5 Å². The Labute approximate surface area is 90.8 Å². The topological polar surface area (TPSA) is 21.6 Å². The van der Waals surface area contributed by atoms with Crippen molar-refractivity contribution in [3.8, 4) is 5.75 Å². The van der Waals surface area contributed by atoms with Crippen molar-refractivity contribution in [3.63, 3.8) is 0 Å². The van der Waals surface area contributed by atoms with Crippen LogP contribution in [0.15, 0.2) is 23.2 Å². The largest absolute Gasteiger partial charge is 0.497 e. The highest BCUT2D eigenvalue weighted by molar-refractivity contribution is 6.06. The van der Waals surface area contributed by atoms with E-state index in [1.165, 1.54) is 13.2 Å². The molecule has 0 amide bonds. The Balaban J connectivity index is 2.51. The van der Waals surface area contributed by atoms with Crippen molar-refractivity contribution < 1.29 is 17.9 Å². The number of fused-ring (bicyclic) bond motifs is 1. The van der Waals surface area contributed by atoms with Crippen LogP contribution < -0.4 is 4.74 Å². The predicted octanol–water partition coefficient (Wildman–Crippen LogP) is 2.60. The van der Waals surface area contributed by atoms with Crippen molar-refractivity contribution >= 4 is 5.71 Å². The molecule has 0 spiro atoms. The standard InChI is InChI=1S/C11H10F3NO/c1-16-8-3-2-7-4-5-15-10(9(7)6-8)11(12,13)14/h2-3,6H,4-5H2,1H3. The van der Waals surface area contributed by atoms with Crippen LogP contribution in [-0.2, 0) is 6.42 Å². The van der Waals surface area contributed by atoms with Crippen LogP contribution in [0.3, 0.4) is 0 Å². The first kappa shape index (κ1) is 11.0. The molecule has 1 aliphatic rings. The molecule has 2 nitrogen and oxygen atoms in total. The van der Waals surface area contributed by atoms with E-state index < -0.39 is 11.9 Å². The summed E-state index contributed by atoms with van der Waals surface area (Å²) in [6, 6.07) is 4.72. The average molecular weight is 229 g/mol. The van der Waals surface area contributed by atoms with Gasteiger partial charge in [0, 0.05) is 12.1 Å². The van der Waals surface area contributed by atoms with Crippen LogP contribution in [0.2, 0.25) is 0 Å². The molecule has 86 valence electrons. The minimum Gasteiger partial charge on any atom is -0.497 e. The van der Waals surface area contributed by atoms with Crippen LogP contribution in [0.5, 0.6) is 5.75 Å². The first-order chi connectivity index (χ1) is 7.52. The Morgan fingerprint density at radius 2 is 2.06 bits per heavy atom. The Hall–Kier alpha value is -1.52. The van der Waals surface area contributed by atoms with Gasteiger partial charge in [-0.25, -0.2) is 0 Å². The van der Waals surface area contributed by atoms with E-state index >= 15 is 0 Å². The molecule has 1 aromatic carbocycles. The van der Waals surface area contributed by atoms with Gasteiger partial charge >= 0.3 is 6.18 Å². The van der Waals surface area contributed by atoms with Crippen LogP contribution in [0, 0.1) is 0 Å². The fraction of sp³-hybridized carbons (Fsp3) is 0.364. The van der Waals surface area contributed by atoms with Gasteiger partial charge < -0.3 is 4.74 Å². The molecule has 0 atom stereocenters. The van der Waals surface area contributed by atoms with Gasteiger partial charge in [0.05, 0.1) is 7.11 Å². The number of nitrogens with zero attached hydrogens (tertiary/aromatic N) is 1. The highest BCUT2D eigenvalue weighted by atomic mass is 19.4. The lowest BCUT2D eigenvalue weighted by Gasteiger charge is -2.19. The van der Waals surface area contributed by atoms with E-state index in [0.29, 0.717) is 17.7 Å². The molecule has 0 saturated carbocycles. The fourth-order valence-electron chi connectivity index (χ4n) is 1.74. The molecule has 0 N–H and O–H groups in total. The zero-order chi connectivity index (χ0) is 11.8. The number of alkyl halides is 3. The summed E-state index contributed by atoms with van der Waals surface area (Å²) in [5.74, 6) is 0.414. The third-order valence-corrected chi connectivity index (χ3v) is 2.49. The molecule has 1 aliphatic heterocycles. The summed E-state index contributed by atoms with van der Waals surface area (Å²) < 4.78 is 43.0. The van der Waals surface area contributed by atoms with Gasteiger partial charge in [0.25, 0.3) is 0 Å². The third kappa shape index (κ3) is 1.89. The molecular weight excluding hydrogens is 219 g/mol. The monoisotopic (exact) mass is 229 g/mol. The Kier molecular flexibility index (Phi) is 2.61. The Morgan fingerprint density at radius 3 is 2.69 bits per heavy atom. The van der Waals surface area contributed by atoms with E-state index in [2.05, 4.69) is 4.99 Å². The molecule has 0 bridgehead atoms. The quantitative estimate of drug-likeness (QED) is 0.725. The van der Waals surface area contributed by atoms with Gasteiger partial charge in [0.15, 0.2) is 0 Å². The van der Waals surface area contributed by atoms with Crippen molar-refractivity contribution in [3.05, 3.63) is 29.3 Å². The minimum absolute atomic E-state index is 0.137. The summed E-state index contributed by atoms with van der Waals surface area (Å²) in [5, 5.41) is 0. The third-order valence-electron chi connectivity index (χ3n) is 2.49. The first-order valence-corrected chi connectivity index (χ1v) is 4.81. The summed E-state index contributed by atoms with van der Waals surface area (Å²) in [7, 11) is 1.43. The molecule has 5 heteroatoms. The SMILES string of the molecule is COc1ccc2c(c1)C(C(F)(F)F)=NCC2. The number of aliphatic imine (C=N–C) groups is 1. The van der Waals surface area contributed by atoms with Gasteiger partial charge in [0.2, 0.25) is 0 Å². The Morgan fingerprint density at radius 1 is 1.31 bits per heavy atom. The number of hydrogen-bond acceptors (Lipinski definition) is 2. The maximum Gasteiger partial charge on any atom is 0.433 e. The van der Waals surface area contributed by atoms with Crippen molar-refractivity contribution in [2.24, 2.45) is 4.99 Å². The number of methoxy groups -OCH3 is 1. The fourth-order valence-corrected chi connectivity index (χ4v) is 1.74. The van der Waals surface area contributed by atoms with Gasteiger partial charge in [-0.05, 0) is 24.1 Å². The molecule has 16 heavy (non-hydrogen) atoms. The number of hydrogen-bond donors (Lipinski definition) is 0. The van der Waals surface area contributed by atoms with Crippen molar-refractivity contribution in [2.45, 2.75) is 12.6 Å². The Bertz CT molecular complexity index is 437. The molecule has 0 fully saturated rings. The zero-order valence-corrected chi connectivity index (χ0v) is 8.64. The molecule has 1 aromatic rings. The van der Waals surface area contributed by atoms with Gasteiger partial charge in [-0.15, -0.1) is 0 Å². The maximum absolute atomic E-state index is 12.7. The summed E-state index contributed by atoms with van der Waals surface area (Å²) in [5.41, 5.74) is 0.00822. The highest BCUT2D eigenvalue weighted by Gasteiger charge is 2.38.